The van der Waals surface area contributed by atoms with Crippen LogP contribution < -0.4 is 10.1 Å². The second-order valence-electron chi connectivity index (χ2n) is 3.08. The molecule has 1 N–H and O–H groups in total. The van der Waals surface area contributed by atoms with Crippen LogP contribution in [0.5, 0.6) is 6.01 Å². The maximum atomic E-state index is 5.35. The van der Waals surface area contributed by atoms with Gasteiger partial charge in [0, 0.05) is 18.4 Å². The summed E-state index contributed by atoms with van der Waals surface area (Å²) >= 11 is 0. The molecule has 1 rings (SSSR count). The summed E-state index contributed by atoms with van der Waals surface area (Å²) in [6.07, 6.45) is 2.85. The molecule has 14 heavy (non-hydrogen) atoms. The molecule has 0 aliphatic heterocycles. The minimum absolute atomic E-state index is 0.461. The molecule has 1 aromatic heterocycles. The zero-order valence-corrected chi connectivity index (χ0v) is 8.79. The SMILES string of the molecule is CCCNCCOc1nccc(C)n1. The highest BCUT2D eigenvalue weighted by molar-refractivity contribution is 5.02. The lowest BCUT2D eigenvalue weighted by molar-refractivity contribution is 0.289. The Labute approximate surface area is 84.7 Å². The molecule has 0 saturated carbocycles. The molecular formula is C10H17N3O. The van der Waals surface area contributed by atoms with Crippen molar-refractivity contribution >= 4 is 0 Å². The van der Waals surface area contributed by atoms with Crippen LogP contribution in [0.2, 0.25) is 0 Å². The third kappa shape index (κ3) is 4.18. The summed E-state index contributed by atoms with van der Waals surface area (Å²) in [7, 11) is 0. The Morgan fingerprint density at radius 3 is 3.00 bits per heavy atom. The van der Waals surface area contributed by atoms with Gasteiger partial charge in [-0.15, -0.1) is 0 Å². The lowest BCUT2D eigenvalue weighted by Gasteiger charge is -2.04. The van der Waals surface area contributed by atoms with Crippen LogP contribution >= 0.6 is 0 Å². The molecule has 78 valence electrons. The van der Waals surface area contributed by atoms with E-state index in [1.165, 1.54) is 0 Å². The lowest BCUT2D eigenvalue weighted by Crippen LogP contribution is -2.22. The van der Waals surface area contributed by atoms with E-state index < -0.39 is 0 Å². The van der Waals surface area contributed by atoms with Crippen molar-refractivity contribution in [1.82, 2.24) is 15.3 Å². The Morgan fingerprint density at radius 1 is 1.43 bits per heavy atom. The van der Waals surface area contributed by atoms with Crippen molar-refractivity contribution in [3.63, 3.8) is 0 Å². The Balaban J connectivity index is 2.18. The fourth-order valence-corrected chi connectivity index (χ4v) is 1.01. The van der Waals surface area contributed by atoms with Gasteiger partial charge in [-0.3, -0.25) is 0 Å². The Hall–Kier alpha value is -1.16. The molecule has 1 aromatic rings. The standard InChI is InChI=1S/C10H17N3O/c1-3-5-11-7-8-14-10-12-6-4-9(2)13-10/h4,6,11H,3,5,7-8H2,1-2H3. The highest BCUT2D eigenvalue weighted by Gasteiger charge is 1.95. The summed E-state index contributed by atoms with van der Waals surface area (Å²) in [5.74, 6) is 0. The summed E-state index contributed by atoms with van der Waals surface area (Å²) < 4.78 is 5.35. The zero-order chi connectivity index (χ0) is 10.2. The average molecular weight is 195 g/mol. The van der Waals surface area contributed by atoms with Gasteiger partial charge in [0.2, 0.25) is 0 Å². The van der Waals surface area contributed by atoms with E-state index in [4.69, 9.17) is 4.74 Å². The predicted molar refractivity (Wildman–Crippen MR) is 55.4 cm³/mol. The number of rotatable bonds is 6. The molecule has 0 bridgehead atoms. The normalized spacial score (nSPS) is 10.1. The molecule has 4 nitrogen and oxygen atoms in total. The van der Waals surface area contributed by atoms with Crippen LogP contribution in [0.4, 0.5) is 0 Å². The van der Waals surface area contributed by atoms with Crippen LogP contribution in [0.15, 0.2) is 12.3 Å². The maximum Gasteiger partial charge on any atom is 0.316 e. The van der Waals surface area contributed by atoms with Gasteiger partial charge < -0.3 is 10.1 Å². The van der Waals surface area contributed by atoms with E-state index in [1.807, 2.05) is 13.0 Å². The third-order valence-corrected chi connectivity index (χ3v) is 1.71. The summed E-state index contributed by atoms with van der Waals surface area (Å²) in [4.78, 5) is 8.13. The van der Waals surface area contributed by atoms with Crippen LogP contribution in [0.3, 0.4) is 0 Å². The number of nitrogens with one attached hydrogen (secondary N) is 1. The van der Waals surface area contributed by atoms with Crippen molar-refractivity contribution in [2.45, 2.75) is 20.3 Å². The molecule has 0 aromatic carbocycles. The molecule has 1 heterocycles. The van der Waals surface area contributed by atoms with Gasteiger partial charge >= 0.3 is 6.01 Å². The quantitative estimate of drug-likeness (QED) is 0.692. The van der Waals surface area contributed by atoms with Crippen molar-refractivity contribution in [1.29, 1.82) is 0 Å². The number of aryl methyl sites for hydroxylation is 1. The van der Waals surface area contributed by atoms with Gasteiger partial charge in [-0.25, -0.2) is 9.97 Å². The maximum absolute atomic E-state index is 5.35. The minimum atomic E-state index is 0.461. The van der Waals surface area contributed by atoms with Gasteiger partial charge in [0.05, 0.1) is 0 Å². The van der Waals surface area contributed by atoms with E-state index in [0.29, 0.717) is 12.6 Å². The fraction of sp³-hybridized carbons (Fsp3) is 0.600. The summed E-state index contributed by atoms with van der Waals surface area (Å²) in [5, 5.41) is 3.24. The number of nitrogens with zero attached hydrogens (tertiary/aromatic N) is 2. The predicted octanol–water partition coefficient (Wildman–Crippen LogP) is 1.16. The van der Waals surface area contributed by atoms with Crippen molar-refractivity contribution in [3.05, 3.63) is 18.0 Å². The topological polar surface area (TPSA) is 47.0 Å². The molecular weight excluding hydrogens is 178 g/mol. The molecule has 0 spiro atoms. The fourth-order valence-electron chi connectivity index (χ4n) is 1.01. The summed E-state index contributed by atoms with van der Waals surface area (Å²) in [5.41, 5.74) is 0.927. The van der Waals surface area contributed by atoms with E-state index in [-0.39, 0.29) is 0 Å². The molecule has 0 amide bonds. The van der Waals surface area contributed by atoms with Gasteiger partial charge in [0.25, 0.3) is 0 Å². The number of aromatic nitrogens is 2. The first-order valence-corrected chi connectivity index (χ1v) is 4.96. The van der Waals surface area contributed by atoms with Gasteiger partial charge in [-0.05, 0) is 26.0 Å². The van der Waals surface area contributed by atoms with Gasteiger partial charge in [-0.1, -0.05) is 6.92 Å². The van der Waals surface area contributed by atoms with Crippen molar-refractivity contribution < 1.29 is 4.74 Å². The average Bonchev–Trinajstić information content (AvgIpc) is 2.18. The summed E-state index contributed by atoms with van der Waals surface area (Å²) in [6, 6.07) is 2.31. The first kappa shape index (κ1) is 10.9. The highest BCUT2D eigenvalue weighted by Crippen LogP contribution is 2.00. The van der Waals surface area contributed by atoms with Crippen LogP contribution in [0.1, 0.15) is 19.0 Å². The van der Waals surface area contributed by atoms with E-state index >= 15 is 0 Å². The first-order chi connectivity index (χ1) is 6.83. The van der Waals surface area contributed by atoms with Gasteiger partial charge in [0.1, 0.15) is 6.61 Å². The molecule has 0 aliphatic carbocycles. The van der Waals surface area contributed by atoms with E-state index in [1.54, 1.807) is 6.20 Å². The second kappa shape index (κ2) is 6.32. The minimum Gasteiger partial charge on any atom is -0.462 e. The molecule has 4 heteroatoms. The highest BCUT2D eigenvalue weighted by atomic mass is 16.5. The first-order valence-electron chi connectivity index (χ1n) is 4.96. The monoisotopic (exact) mass is 195 g/mol. The largest absolute Gasteiger partial charge is 0.462 e. The van der Waals surface area contributed by atoms with Crippen molar-refractivity contribution in [3.8, 4) is 6.01 Å². The second-order valence-corrected chi connectivity index (χ2v) is 3.08. The van der Waals surface area contributed by atoms with E-state index in [0.717, 1.165) is 25.2 Å². The van der Waals surface area contributed by atoms with E-state index in [9.17, 15) is 0 Å². The molecule has 0 fully saturated rings. The lowest BCUT2D eigenvalue weighted by atomic mass is 10.5. The molecule has 0 radical (unpaired) electrons. The van der Waals surface area contributed by atoms with Crippen LogP contribution in [0, 0.1) is 6.92 Å². The van der Waals surface area contributed by atoms with Crippen LogP contribution in [-0.2, 0) is 0 Å². The molecule has 0 atom stereocenters. The Bertz CT molecular complexity index is 265. The third-order valence-electron chi connectivity index (χ3n) is 1.71. The van der Waals surface area contributed by atoms with Gasteiger partial charge in [-0.2, -0.15) is 0 Å². The van der Waals surface area contributed by atoms with Crippen molar-refractivity contribution in [2.75, 3.05) is 19.7 Å². The molecule has 0 unspecified atom stereocenters. The molecule has 0 saturated heterocycles. The number of hydrogen-bond acceptors (Lipinski definition) is 4. The molecule has 0 aliphatic rings. The smallest absolute Gasteiger partial charge is 0.316 e. The van der Waals surface area contributed by atoms with Gasteiger partial charge in [0.15, 0.2) is 0 Å². The van der Waals surface area contributed by atoms with Crippen LogP contribution in [0.25, 0.3) is 0 Å². The van der Waals surface area contributed by atoms with Crippen molar-refractivity contribution in [2.24, 2.45) is 0 Å². The summed E-state index contributed by atoms with van der Waals surface area (Å²) in [6.45, 7) is 6.54. The Kier molecular flexibility index (Phi) is 4.93. The van der Waals surface area contributed by atoms with E-state index in [2.05, 4.69) is 22.2 Å². The zero-order valence-electron chi connectivity index (χ0n) is 8.79. The van der Waals surface area contributed by atoms with Crippen LogP contribution in [-0.4, -0.2) is 29.7 Å². The Morgan fingerprint density at radius 2 is 2.29 bits per heavy atom. The number of ether oxygens (including phenoxy) is 1. The number of hydrogen-bond donors (Lipinski definition) is 1.